The Balaban J connectivity index is 2.09. The molecule has 0 saturated heterocycles. The number of H-pyrrole nitrogens is 1. The minimum Gasteiger partial charge on any atom is -0.367 e. The molecule has 1 aliphatic heterocycles. The van der Waals surface area contributed by atoms with Crippen LogP contribution < -0.4 is 4.90 Å². The van der Waals surface area contributed by atoms with Crippen molar-refractivity contribution in [3.8, 4) is 0 Å². The molecule has 15 heavy (non-hydrogen) atoms. The number of anilines is 1. The SMILES string of the molecule is C1=CCN(c2cccc3[nH]ccc23)CC1. The monoisotopic (exact) mass is 198 g/mol. The van der Waals surface area contributed by atoms with E-state index in [9.17, 15) is 0 Å². The van der Waals surface area contributed by atoms with Crippen molar-refractivity contribution < 1.29 is 0 Å². The van der Waals surface area contributed by atoms with Crippen LogP contribution in [0, 0.1) is 0 Å². The summed E-state index contributed by atoms with van der Waals surface area (Å²) in [4.78, 5) is 5.68. The molecule has 76 valence electrons. The average molecular weight is 198 g/mol. The molecule has 2 aromatic rings. The first-order valence-corrected chi connectivity index (χ1v) is 5.41. The third kappa shape index (κ3) is 1.42. The predicted octanol–water partition coefficient (Wildman–Crippen LogP) is 2.93. The van der Waals surface area contributed by atoms with Gasteiger partial charge in [0.2, 0.25) is 0 Å². The van der Waals surface area contributed by atoms with Crippen LogP contribution in [0.5, 0.6) is 0 Å². The van der Waals surface area contributed by atoms with Crippen molar-refractivity contribution in [2.45, 2.75) is 6.42 Å². The molecule has 2 nitrogen and oxygen atoms in total. The Labute approximate surface area is 89.2 Å². The highest BCUT2D eigenvalue weighted by molar-refractivity contribution is 5.92. The first kappa shape index (κ1) is 8.60. The summed E-state index contributed by atoms with van der Waals surface area (Å²) in [5.74, 6) is 0. The summed E-state index contributed by atoms with van der Waals surface area (Å²) in [6.07, 6.45) is 7.66. The van der Waals surface area contributed by atoms with Crippen molar-refractivity contribution in [2.24, 2.45) is 0 Å². The normalized spacial score (nSPS) is 16.1. The summed E-state index contributed by atoms with van der Waals surface area (Å²) in [6.45, 7) is 2.16. The number of nitrogens with one attached hydrogen (secondary N) is 1. The molecule has 1 aromatic heterocycles. The van der Waals surface area contributed by atoms with E-state index in [1.807, 2.05) is 6.20 Å². The zero-order valence-corrected chi connectivity index (χ0v) is 8.61. The van der Waals surface area contributed by atoms with Crippen molar-refractivity contribution >= 4 is 16.6 Å². The van der Waals surface area contributed by atoms with Gasteiger partial charge in [0.1, 0.15) is 0 Å². The fourth-order valence-corrected chi connectivity index (χ4v) is 2.20. The quantitative estimate of drug-likeness (QED) is 0.698. The van der Waals surface area contributed by atoms with Crippen LogP contribution in [0.3, 0.4) is 0 Å². The average Bonchev–Trinajstić information content (AvgIpc) is 2.78. The fourth-order valence-electron chi connectivity index (χ4n) is 2.20. The highest BCUT2D eigenvalue weighted by Gasteiger charge is 2.10. The van der Waals surface area contributed by atoms with Gasteiger partial charge in [0.25, 0.3) is 0 Å². The molecule has 2 heterocycles. The van der Waals surface area contributed by atoms with Crippen molar-refractivity contribution in [1.82, 2.24) is 4.98 Å². The first-order chi connectivity index (χ1) is 7.45. The predicted molar refractivity (Wildman–Crippen MR) is 64.3 cm³/mol. The zero-order chi connectivity index (χ0) is 10.1. The van der Waals surface area contributed by atoms with Crippen LogP contribution in [-0.4, -0.2) is 18.1 Å². The van der Waals surface area contributed by atoms with Crippen LogP contribution in [0.4, 0.5) is 5.69 Å². The molecule has 1 N–H and O–H groups in total. The van der Waals surface area contributed by atoms with E-state index < -0.39 is 0 Å². The highest BCUT2D eigenvalue weighted by atomic mass is 15.1. The molecule has 1 aliphatic rings. The van der Waals surface area contributed by atoms with Gasteiger partial charge in [0.15, 0.2) is 0 Å². The molecule has 0 bridgehead atoms. The molecule has 0 radical (unpaired) electrons. The lowest BCUT2D eigenvalue weighted by molar-refractivity contribution is 0.824. The number of nitrogens with zero attached hydrogens (tertiary/aromatic N) is 1. The molecular weight excluding hydrogens is 184 g/mol. The van der Waals surface area contributed by atoms with E-state index in [0.717, 1.165) is 19.5 Å². The lowest BCUT2D eigenvalue weighted by Crippen LogP contribution is -2.26. The van der Waals surface area contributed by atoms with Crippen LogP contribution in [0.15, 0.2) is 42.6 Å². The summed E-state index contributed by atoms with van der Waals surface area (Å²) < 4.78 is 0. The fraction of sp³-hybridized carbons (Fsp3) is 0.231. The molecular formula is C13H14N2. The number of benzene rings is 1. The third-order valence-corrected chi connectivity index (χ3v) is 2.97. The summed E-state index contributed by atoms with van der Waals surface area (Å²) in [6, 6.07) is 8.60. The van der Waals surface area contributed by atoms with E-state index in [-0.39, 0.29) is 0 Å². The lowest BCUT2D eigenvalue weighted by atomic mass is 10.1. The Hall–Kier alpha value is -1.70. The van der Waals surface area contributed by atoms with E-state index in [0.29, 0.717) is 0 Å². The Kier molecular flexibility index (Phi) is 1.98. The van der Waals surface area contributed by atoms with E-state index in [2.05, 4.69) is 46.3 Å². The van der Waals surface area contributed by atoms with Crippen molar-refractivity contribution in [3.05, 3.63) is 42.6 Å². The minimum absolute atomic E-state index is 1.03. The van der Waals surface area contributed by atoms with Crippen LogP contribution in [0.25, 0.3) is 10.9 Å². The van der Waals surface area contributed by atoms with Gasteiger partial charge in [-0.15, -0.1) is 0 Å². The van der Waals surface area contributed by atoms with Gasteiger partial charge in [-0.1, -0.05) is 18.2 Å². The van der Waals surface area contributed by atoms with Gasteiger partial charge in [-0.2, -0.15) is 0 Å². The second-order valence-electron chi connectivity index (χ2n) is 3.92. The van der Waals surface area contributed by atoms with Gasteiger partial charge >= 0.3 is 0 Å². The number of hydrogen-bond donors (Lipinski definition) is 1. The third-order valence-electron chi connectivity index (χ3n) is 2.97. The van der Waals surface area contributed by atoms with Crippen molar-refractivity contribution in [2.75, 3.05) is 18.0 Å². The molecule has 0 atom stereocenters. The van der Waals surface area contributed by atoms with Gasteiger partial charge in [-0.3, -0.25) is 0 Å². The van der Waals surface area contributed by atoms with Gasteiger partial charge in [-0.25, -0.2) is 0 Å². The van der Waals surface area contributed by atoms with E-state index in [1.165, 1.54) is 16.6 Å². The minimum atomic E-state index is 1.03. The van der Waals surface area contributed by atoms with Gasteiger partial charge in [0, 0.05) is 35.9 Å². The molecule has 0 fully saturated rings. The molecule has 0 saturated carbocycles. The molecule has 3 rings (SSSR count). The number of rotatable bonds is 1. The second kappa shape index (κ2) is 3.46. The summed E-state index contributed by atoms with van der Waals surface area (Å²) >= 11 is 0. The van der Waals surface area contributed by atoms with Crippen molar-refractivity contribution in [1.29, 1.82) is 0 Å². The maximum atomic E-state index is 3.25. The van der Waals surface area contributed by atoms with Crippen LogP contribution >= 0.6 is 0 Å². The van der Waals surface area contributed by atoms with E-state index in [4.69, 9.17) is 0 Å². The molecule has 0 unspecified atom stereocenters. The molecule has 1 aromatic carbocycles. The Morgan fingerprint density at radius 3 is 3.00 bits per heavy atom. The summed E-state index contributed by atoms with van der Waals surface area (Å²) in [5, 5.41) is 1.33. The standard InChI is InChI=1S/C13H14N2/c1-2-9-15(10-3-1)13-6-4-5-12-11(13)7-8-14-12/h1-2,4-8,14H,3,9-10H2. The van der Waals surface area contributed by atoms with Crippen molar-refractivity contribution in [3.63, 3.8) is 0 Å². The Morgan fingerprint density at radius 1 is 1.13 bits per heavy atom. The van der Waals surface area contributed by atoms with Gasteiger partial charge < -0.3 is 9.88 Å². The van der Waals surface area contributed by atoms with Crippen LogP contribution in [-0.2, 0) is 0 Å². The molecule has 0 aliphatic carbocycles. The number of hydrogen-bond acceptors (Lipinski definition) is 1. The zero-order valence-electron chi connectivity index (χ0n) is 8.61. The van der Waals surface area contributed by atoms with Crippen LogP contribution in [0.2, 0.25) is 0 Å². The first-order valence-electron chi connectivity index (χ1n) is 5.41. The highest BCUT2D eigenvalue weighted by Crippen LogP contribution is 2.26. The number of aromatic nitrogens is 1. The maximum Gasteiger partial charge on any atom is 0.0474 e. The van der Waals surface area contributed by atoms with E-state index in [1.54, 1.807) is 0 Å². The largest absolute Gasteiger partial charge is 0.367 e. The Bertz CT molecular complexity index is 496. The van der Waals surface area contributed by atoms with Gasteiger partial charge in [0.05, 0.1) is 0 Å². The molecule has 0 amide bonds. The smallest absolute Gasteiger partial charge is 0.0474 e. The Morgan fingerprint density at radius 2 is 2.13 bits per heavy atom. The number of fused-ring (bicyclic) bond motifs is 1. The van der Waals surface area contributed by atoms with Gasteiger partial charge in [-0.05, 0) is 24.6 Å². The summed E-state index contributed by atoms with van der Waals surface area (Å²) in [5.41, 5.74) is 2.57. The summed E-state index contributed by atoms with van der Waals surface area (Å²) in [7, 11) is 0. The maximum absolute atomic E-state index is 3.25. The topological polar surface area (TPSA) is 19.0 Å². The second-order valence-corrected chi connectivity index (χ2v) is 3.92. The van der Waals surface area contributed by atoms with E-state index >= 15 is 0 Å². The number of aromatic amines is 1. The molecule has 2 heteroatoms. The molecule has 0 spiro atoms. The van der Waals surface area contributed by atoms with Crippen LogP contribution in [0.1, 0.15) is 6.42 Å². The lowest BCUT2D eigenvalue weighted by Gasteiger charge is -2.26.